The molecule has 27 heteroatoms. The first-order valence-electron chi connectivity index (χ1n) is 44.1. The largest absolute Gasteiger partial charge is 0.481 e. The number of alkyl halides is 2. The Balaban J connectivity index is 0.000000198. The number of halogens is 8. The van der Waals surface area contributed by atoms with Crippen LogP contribution in [-0.4, -0.2) is 220 Å². The van der Waals surface area contributed by atoms with Crippen LogP contribution in [0.3, 0.4) is 0 Å². The lowest BCUT2D eigenvalue weighted by Crippen LogP contribution is -2.38. The van der Waals surface area contributed by atoms with E-state index in [0.717, 1.165) is 139 Å². The summed E-state index contributed by atoms with van der Waals surface area (Å²) in [5, 5.41) is 13.6. The Morgan fingerprint density at radius 3 is 1.50 bits per heavy atom. The van der Waals surface area contributed by atoms with E-state index in [4.69, 9.17) is 38.6 Å². The molecule has 0 saturated carbocycles. The summed E-state index contributed by atoms with van der Waals surface area (Å²) >= 11 is 15.6. The number of aliphatic carboxylic acids is 1. The highest BCUT2D eigenvalue weighted by Gasteiger charge is 2.29. The summed E-state index contributed by atoms with van der Waals surface area (Å²) in [5.41, 5.74) is 7.01. The number of thioether (sulfide) groups is 1. The van der Waals surface area contributed by atoms with Gasteiger partial charge >= 0.3 is 11.9 Å². The lowest BCUT2D eigenvalue weighted by molar-refractivity contribution is -0.148. The zero-order valence-corrected chi connectivity index (χ0v) is 76.8. The maximum Gasteiger partial charge on any atom is 0.310 e. The zero-order chi connectivity index (χ0) is 87.8. The van der Waals surface area contributed by atoms with E-state index in [1.54, 1.807) is 6.92 Å². The van der Waals surface area contributed by atoms with Crippen molar-refractivity contribution in [2.45, 2.75) is 198 Å². The molecule has 7 aromatic rings. The van der Waals surface area contributed by atoms with E-state index in [9.17, 15) is 40.7 Å². The van der Waals surface area contributed by atoms with Crippen molar-refractivity contribution < 1.29 is 50.6 Å². The molecule has 0 bridgehead atoms. The van der Waals surface area contributed by atoms with Crippen LogP contribution in [0.4, 0.5) is 26.3 Å². The Labute approximate surface area is 745 Å². The van der Waals surface area contributed by atoms with Crippen molar-refractivity contribution in [3.8, 4) is 0 Å². The molecule has 6 unspecified atom stereocenters. The van der Waals surface area contributed by atoms with Crippen LogP contribution in [0.15, 0.2) is 145 Å². The summed E-state index contributed by atoms with van der Waals surface area (Å²) in [7, 11) is 4.30. The number of aromatic nitrogens is 4. The zero-order valence-electron chi connectivity index (χ0n) is 72.8. The number of ketones is 1. The lowest BCUT2D eigenvalue weighted by atomic mass is 9.94. The van der Waals surface area contributed by atoms with E-state index in [1.165, 1.54) is 175 Å². The lowest BCUT2D eigenvalue weighted by Gasteiger charge is -2.32. The highest BCUT2D eigenvalue weighted by atomic mass is 79.9. The number of nitrogens with zero attached hydrogens (tertiary/aromatic N) is 10. The number of carboxylic acids is 1. The number of ether oxygens (including phenoxy) is 1. The molecule has 3 N–H and O–H groups in total. The molecule has 7 aliphatic heterocycles. The number of rotatable bonds is 26. The average Bonchev–Trinajstić information content (AvgIpc) is 0.990. The number of nitrogens with one attached hydrogen (secondary N) is 2. The average molecular weight is 1820 g/mol. The number of aromatic amines is 1. The Morgan fingerprint density at radius 1 is 0.566 bits per heavy atom. The Bertz CT molecular complexity index is 4020. The van der Waals surface area contributed by atoms with Gasteiger partial charge in [-0.25, -0.2) is 41.3 Å². The number of Topliss-reactive ketones (excluding diaryl/α,β-unsaturated/α-hetero) is 1. The van der Waals surface area contributed by atoms with Gasteiger partial charge in [-0.05, 0) is 279 Å². The number of hydrogen-bond donors (Lipinski definition) is 3. The molecule has 0 amide bonds. The molecule has 0 radical (unpaired) electrons. The van der Waals surface area contributed by atoms with E-state index >= 15 is 0 Å². The smallest absolute Gasteiger partial charge is 0.310 e. The molecule has 672 valence electrons. The molecule has 0 aliphatic carbocycles. The highest BCUT2D eigenvalue weighted by Crippen LogP contribution is 2.30. The number of esters is 1. The minimum absolute atomic E-state index is 0.0419. The second-order valence-electron chi connectivity index (χ2n) is 33.0. The number of hydrogen-bond acceptors (Lipinski definition) is 17. The third-order valence-corrected chi connectivity index (χ3v) is 24.7. The van der Waals surface area contributed by atoms with Crippen molar-refractivity contribution in [2.75, 3.05) is 137 Å². The van der Waals surface area contributed by atoms with E-state index in [-0.39, 0.29) is 29.5 Å². The predicted octanol–water partition coefficient (Wildman–Crippen LogP) is 19.8. The van der Waals surface area contributed by atoms with Gasteiger partial charge in [-0.1, -0.05) is 115 Å². The van der Waals surface area contributed by atoms with E-state index in [2.05, 4.69) is 166 Å². The molecule has 2 aromatic heterocycles. The van der Waals surface area contributed by atoms with Crippen LogP contribution in [0, 0.1) is 57.4 Å². The first-order chi connectivity index (χ1) is 58.9. The summed E-state index contributed by atoms with van der Waals surface area (Å²) in [6, 6.07) is 36.8. The summed E-state index contributed by atoms with van der Waals surface area (Å²) in [6.45, 7) is 27.9. The molecule has 9 heterocycles. The van der Waals surface area contributed by atoms with Crippen LogP contribution in [0.25, 0.3) is 0 Å². The van der Waals surface area contributed by atoms with E-state index < -0.39 is 40.9 Å². The maximum absolute atomic E-state index is 13.1. The maximum atomic E-state index is 13.1. The standard InChI is InChI=1S/C22H30N4S.C16H19N3S.C14H17F2NO.C13H15F2NO2.C9H21N.C8H15NO2.C7H5BrF2.C6H12ClN/c1-2-7-19(8-3-1)17-26-14-6-9-20(18-26)21-10-11-23-22(24-21)27-16-15-25-12-4-5-13-25;20-16-17-9-8-15(18-16)14-7-4-10-19(12-14)11-13-5-2-1-3-6-13;1-10(18)12-3-2-4-17(9-12)8-11-5-13(15)7-14(16)6-11;14-11-4-9(5-12(15)6-11)7-16-3-1-2-10(8-16)13(17)18;1-5-6-7-8-9(2)10(3)4;1-2-11-8(10)7-4-3-5-9-6-7;8-4-5-1-6(9)3-7(10)2-5;7-3-6-8-4-1-2-5-8/h1-3,7-8,10-11,20H,4-6,9,12-18H2;1-3,5-6,8-9,14H,4,7,10-12H2,(H,17,18,20);5-7,12H,2-4,8-9H2,1H3;4-6,10H,1-3,7-8H2,(H,17,18);9H,5-8H2,1-4H3;7,9H,2-6H2,1H3;1-3H,4H2;1-6H2. The first-order valence-corrected chi connectivity index (χ1v) is 47.2. The van der Waals surface area contributed by atoms with Crippen LogP contribution in [0.1, 0.15) is 194 Å². The molecular weight excluding hydrogens is 1680 g/mol. The molecule has 6 atom stereocenters. The first kappa shape index (κ1) is 103. The molecule has 5 aromatic carbocycles. The van der Waals surface area contributed by atoms with Crippen molar-refractivity contribution in [1.82, 2.24) is 59.6 Å². The van der Waals surface area contributed by atoms with Gasteiger partial charge in [-0.2, -0.15) is 0 Å². The third kappa shape index (κ3) is 41.3. The number of likely N-dealkylation sites (tertiary alicyclic amines) is 6. The number of unbranched alkanes of at least 4 members (excludes halogenated alkanes) is 2. The van der Waals surface area contributed by atoms with Crippen LogP contribution in [-0.2, 0) is 50.6 Å². The summed E-state index contributed by atoms with van der Waals surface area (Å²) < 4.78 is 82.4. The number of carbonyl (C=O) groups excluding carboxylic acids is 2. The molecule has 122 heavy (non-hydrogen) atoms. The van der Waals surface area contributed by atoms with Gasteiger partial charge in [0.15, 0.2) is 9.93 Å². The Morgan fingerprint density at radius 2 is 1.02 bits per heavy atom. The van der Waals surface area contributed by atoms with Crippen molar-refractivity contribution in [2.24, 2.45) is 17.8 Å². The summed E-state index contributed by atoms with van der Waals surface area (Å²) in [4.78, 5) is 66.5. The van der Waals surface area contributed by atoms with Gasteiger partial charge in [0, 0.05) is 155 Å². The van der Waals surface area contributed by atoms with Crippen LogP contribution < -0.4 is 5.32 Å². The fourth-order valence-corrected chi connectivity index (χ4v) is 17.6. The minimum atomic E-state index is -0.801. The summed E-state index contributed by atoms with van der Waals surface area (Å²) in [5.74, 6) is -1.27. The second kappa shape index (κ2) is 58.7. The van der Waals surface area contributed by atoms with Crippen molar-refractivity contribution >= 4 is 69.2 Å². The molecule has 7 fully saturated rings. The number of benzene rings is 5. The molecule has 7 saturated heterocycles. The fraction of sp³-hybridized carbons (Fsp3) is 0.568. The van der Waals surface area contributed by atoms with Crippen LogP contribution >= 0.6 is 51.5 Å². The highest BCUT2D eigenvalue weighted by molar-refractivity contribution is 9.08. The number of piperidine rings is 5. The van der Waals surface area contributed by atoms with E-state index in [1.807, 2.05) is 36.0 Å². The topological polar surface area (TPSA) is 170 Å². The van der Waals surface area contributed by atoms with Gasteiger partial charge in [0.25, 0.3) is 0 Å². The number of H-pyrrole nitrogens is 1. The SMILES string of the molecule is CC(=O)C1CCCN(Cc2cc(F)cc(F)c2)C1.CCCCCC(C)N(C)C.CCOC(=O)C1CCCNC1.ClCCN1CCCC1.Fc1cc(F)cc(CBr)c1.O=C(O)C1CCCN(Cc2cc(F)cc(F)c2)C1.S=c1nccc(C2CCCN(Cc3ccccc3)C2)[nH]1.c1ccc(CN2CCCC(c3ccnc(SCCN4CCCC4)n3)C2)cc1. The predicted molar refractivity (Wildman–Crippen MR) is 487 cm³/mol. The second-order valence-corrected chi connectivity index (χ2v) is 35.4. The number of carboxylic acid groups (broad SMARTS) is 1. The molecular formula is C95H134BrClF6N12O5S2. The normalized spacial score (nSPS) is 19.8. The van der Waals surface area contributed by atoms with Gasteiger partial charge < -0.3 is 34.8 Å². The number of carbonyl (C=O) groups is 3. The van der Waals surface area contributed by atoms with Gasteiger partial charge in [0.05, 0.1) is 18.4 Å². The Hall–Kier alpha value is -6.53. The van der Waals surface area contributed by atoms with Crippen LogP contribution in [0.2, 0.25) is 0 Å². The third-order valence-electron chi connectivity index (χ3n) is 22.8. The van der Waals surface area contributed by atoms with E-state index in [0.29, 0.717) is 77.8 Å². The molecule has 7 aliphatic rings. The van der Waals surface area contributed by atoms with Crippen molar-refractivity contribution in [3.63, 3.8) is 0 Å². The summed E-state index contributed by atoms with van der Waals surface area (Å²) in [6.07, 6.45) is 25.0. The Kier molecular flexibility index (Phi) is 49.3. The van der Waals surface area contributed by atoms with Gasteiger partial charge in [-0.15, -0.1) is 11.6 Å². The fourth-order valence-electron chi connectivity index (χ4n) is 16.0. The molecule has 0 spiro atoms. The molecule has 14 rings (SSSR count). The van der Waals surface area contributed by atoms with Crippen LogP contribution in [0.5, 0.6) is 0 Å². The van der Waals surface area contributed by atoms with Gasteiger partial charge in [0.1, 0.15) is 40.7 Å². The van der Waals surface area contributed by atoms with Crippen molar-refractivity contribution in [3.05, 3.63) is 219 Å². The molecule has 17 nitrogen and oxygen atoms in total. The van der Waals surface area contributed by atoms with Gasteiger partial charge in [-0.3, -0.25) is 34.0 Å². The minimum Gasteiger partial charge on any atom is -0.481 e. The van der Waals surface area contributed by atoms with Crippen molar-refractivity contribution in [1.29, 1.82) is 0 Å². The quantitative estimate of drug-likeness (QED) is 0.00889. The monoisotopic (exact) mass is 1810 g/mol. The van der Waals surface area contributed by atoms with Gasteiger partial charge in [0.2, 0.25) is 0 Å².